The zero-order valence-electron chi connectivity index (χ0n) is 19.9. The molecular weight excluding hydrogens is 421 g/mol. The molecular formula is C25H38FN5O2. The molecule has 0 spiro atoms. The van der Waals surface area contributed by atoms with Crippen molar-refractivity contribution in [1.82, 2.24) is 15.5 Å². The summed E-state index contributed by atoms with van der Waals surface area (Å²) in [5, 5.41) is 10.2. The van der Waals surface area contributed by atoms with Gasteiger partial charge in [0.15, 0.2) is 0 Å². The molecule has 0 aromatic heterocycles. The number of piperidine rings is 1. The summed E-state index contributed by atoms with van der Waals surface area (Å²) in [5.41, 5.74) is 9.68. The molecule has 2 fully saturated rings. The van der Waals surface area contributed by atoms with Crippen molar-refractivity contribution in [2.24, 2.45) is 5.73 Å². The fraction of sp³-hybridized carbons (Fsp3) is 0.640. The van der Waals surface area contributed by atoms with Crippen LogP contribution in [0.3, 0.4) is 0 Å². The molecule has 33 heavy (non-hydrogen) atoms. The predicted molar refractivity (Wildman–Crippen MR) is 129 cm³/mol. The summed E-state index contributed by atoms with van der Waals surface area (Å²) in [6.07, 6.45) is 4.55. The zero-order valence-corrected chi connectivity index (χ0v) is 19.9. The van der Waals surface area contributed by atoms with Crippen LogP contribution in [-0.2, 0) is 9.53 Å². The number of halogens is 1. The second-order valence-electron chi connectivity index (χ2n) is 9.78. The van der Waals surface area contributed by atoms with Gasteiger partial charge in [-0.25, -0.2) is 4.39 Å². The molecule has 4 rings (SSSR count). The number of hydrogen-bond acceptors (Lipinski definition) is 6. The van der Waals surface area contributed by atoms with Crippen LogP contribution in [0.2, 0.25) is 0 Å². The number of methoxy groups -OCH3 is 1. The second-order valence-corrected chi connectivity index (χ2v) is 9.78. The maximum absolute atomic E-state index is 13.5. The number of nitrogens with two attached hydrogens (primary N) is 1. The molecule has 8 heteroatoms. The van der Waals surface area contributed by atoms with Crippen molar-refractivity contribution in [3.63, 3.8) is 0 Å². The van der Waals surface area contributed by atoms with Crippen LogP contribution in [0, 0.1) is 6.92 Å². The minimum atomic E-state index is -0.653. The van der Waals surface area contributed by atoms with Crippen molar-refractivity contribution in [3.8, 4) is 0 Å². The number of anilines is 1. The van der Waals surface area contributed by atoms with Crippen molar-refractivity contribution in [1.29, 1.82) is 0 Å². The summed E-state index contributed by atoms with van der Waals surface area (Å²) in [4.78, 5) is 15.3. The Morgan fingerprint density at radius 2 is 2.03 bits per heavy atom. The molecule has 2 aliphatic heterocycles. The first-order valence-electron chi connectivity index (χ1n) is 12.2. The highest BCUT2D eigenvalue weighted by Crippen LogP contribution is 2.32. The van der Waals surface area contributed by atoms with Gasteiger partial charge in [0, 0.05) is 38.0 Å². The fourth-order valence-corrected chi connectivity index (χ4v) is 5.30. The molecule has 1 aromatic rings. The number of rotatable bonds is 6. The lowest BCUT2D eigenvalue weighted by Gasteiger charge is -2.45. The molecule has 7 nitrogen and oxygen atoms in total. The summed E-state index contributed by atoms with van der Waals surface area (Å²) < 4.78 is 19.4. The number of ether oxygens (including phenoxy) is 1. The van der Waals surface area contributed by atoms with E-state index in [1.165, 1.54) is 0 Å². The van der Waals surface area contributed by atoms with Gasteiger partial charge in [0.25, 0.3) is 5.91 Å². The number of amides is 1. The maximum Gasteiger partial charge on any atom is 0.251 e. The number of carbonyl (C=O) groups excluding carboxylic acids is 1. The van der Waals surface area contributed by atoms with E-state index in [0.717, 1.165) is 42.6 Å². The molecule has 1 amide bonds. The average molecular weight is 460 g/mol. The van der Waals surface area contributed by atoms with Gasteiger partial charge in [-0.2, -0.15) is 0 Å². The van der Waals surface area contributed by atoms with Crippen molar-refractivity contribution in [3.05, 3.63) is 34.9 Å². The largest absolute Gasteiger partial charge is 0.378 e. The number of hydrogen-bond donors (Lipinski definition) is 4. The topological polar surface area (TPSA) is 91.7 Å². The van der Waals surface area contributed by atoms with Crippen molar-refractivity contribution < 1.29 is 13.9 Å². The van der Waals surface area contributed by atoms with Crippen molar-refractivity contribution >= 4 is 17.7 Å². The van der Waals surface area contributed by atoms with E-state index in [-0.39, 0.29) is 24.2 Å². The summed E-state index contributed by atoms with van der Waals surface area (Å²) in [7, 11) is 1.74. The normalized spacial score (nSPS) is 31.2. The third-order valence-corrected chi connectivity index (χ3v) is 7.09. The van der Waals surface area contributed by atoms with Gasteiger partial charge in [0.05, 0.1) is 17.8 Å². The Balaban J connectivity index is 1.49. The Hall–Kier alpha value is -2.00. The molecule has 1 aliphatic carbocycles. The Bertz CT molecular complexity index is 868. The molecule has 0 bridgehead atoms. The van der Waals surface area contributed by atoms with Crippen LogP contribution < -0.4 is 21.7 Å². The molecule has 0 radical (unpaired) electrons. The van der Waals surface area contributed by atoms with Gasteiger partial charge < -0.3 is 26.4 Å². The number of benzene rings is 1. The van der Waals surface area contributed by atoms with E-state index in [0.29, 0.717) is 31.0 Å². The molecule has 1 saturated carbocycles. The van der Waals surface area contributed by atoms with E-state index in [1.54, 1.807) is 14.0 Å². The zero-order chi connectivity index (χ0) is 23.5. The van der Waals surface area contributed by atoms with Crippen LogP contribution >= 0.6 is 0 Å². The first-order chi connectivity index (χ1) is 15.8. The minimum Gasteiger partial charge on any atom is -0.378 e. The van der Waals surface area contributed by atoms with Gasteiger partial charge in [0.1, 0.15) is 12.3 Å². The summed E-state index contributed by atoms with van der Waals surface area (Å²) in [6.45, 7) is 5.31. The van der Waals surface area contributed by atoms with Crippen LogP contribution in [0.5, 0.6) is 0 Å². The number of carbonyl (C=O) groups is 1. The van der Waals surface area contributed by atoms with Gasteiger partial charge in [-0.05, 0) is 69.7 Å². The van der Waals surface area contributed by atoms with E-state index in [2.05, 4.69) is 39.0 Å². The van der Waals surface area contributed by atoms with E-state index in [1.807, 2.05) is 13.0 Å². The first-order valence-corrected chi connectivity index (χ1v) is 12.2. The molecule has 3 aliphatic rings. The van der Waals surface area contributed by atoms with Crippen LogP contribution in [0.15, 0.2) is 23.8 Å². The minimum absolute atomic E-state index is 0.0131. The van der Waals surface area contributed by atoms with Crippen LogP contribution in [-0.4, -0.2) is 67.7 Å². The third-order valence-electron chi connectivity index (χ3n) is 7.09. The Labute approximate surface area is 196 Å². The second kappa shape index (κ2) is 10.5. The van der Waals surface area contributed by atoms with Crippen LogP contribution in [0.1, 0.15) is 50.2 Å². The highest BCUT2D eigenvalue weighted by molar-refractivity contribution is 6.01. The molecule has 182 valence electrons. The van der Waals surface area contributed by atoms with Gasteiger partial charge in [0.2, 0.25) is 0 Å². The highest BCUT2D eigenvalue weighted by atomic mass is 19.1. The summed E-state index contributed by atoms with van der Waals surface area (Å²) >= 11 is 0. The number of nitrogens with zero attached hydrogens (tertiary/aromatic N) is 1. The standard InChI is InChI=1S/C25H38FN5O2/c1-15-4-9-21-17(12-15)13-20(25(32)28-16(2)27)24(30-21)31-11-10-22(23(14-31)33-3)29-19-7-5-18(26)6-8-19/h4,9,12-13,16,18-19,22-24,29-30H,5-8,10-11,14,27H2,1-3H3,(H,28,32)/t16?,18?,19?,22-,23+,24?/m1/s1. The fourth-order valence-electron chi connectivity index (χ4n) is 5.30. The molecule has 1 saturated heterocycles. The van der Waals surface area contributed by atoms with Crippen molar-refractivity contribution in [2.45, 2.75) is 82.6 Å². The third kappa shape index (κ3) is 5.74. The first kappa shape index (κ1) is 24.1. The van der Waals surface area contributed by atoms with E-state index in [4.69, 9.17) is 10.5 Å². The number of alkyl halides is 1. The Morgan fingerprint density at radius 3 is 2.73 bits per heavy atom. The lowest BCUT2D eigenvalue weighted by molar-refractivity contribution is -0.118. The van der Waals surface area contributed by atoms with E-state index in [9.17, 15) is 9.18 Å². The van der Waals surface area contributed by atoms with E-state index < -0.39 is 12.3 Å². The quantitative estimate of drug-likeness (QED) is 0.489. The monoisotopic (exact) mass is 459 g/mol. The van der Waals surface area contributed by atoms with Crippen LogP contribution in [0.4, 0.5) is 10.1 Å². The van der Waals surface area contributed by atoms with Gasteiger partial charge in [-0.15, -0.1) is 0 Å². The molecule has 2 unspecified atom stereocenters. The number of nitrogens with one attached hydrogen (secondary N) is 3. The highest BCUT2D eigenvalue weighted by Gasteiger charge is 2.38. The smallest absolute Gasteiger partial charge is 0.251 e. The van der Waals surface area contributed by atoms with Crippen molar-refractivity contribution in [2.75, 3.05) is 25.5 Å². The van der Waals surface area contributed by atoms with E-state index >= 15 is 0 Å². The lowest BCUT2D eigenvalue weighted by atomic mass is 9.91. The Kier molecular flexibility index (Phi) is 7.69. The Morgan fingerprint density at radius 1 is 1.27 bits per heavy atom. The molecule has 2 heterocycles. The van der Waals surface area contributed by atoms with Gasteiger partial charge in [-0.3, -0.25) is 9.69 Å². The maximum atomic E-state index is 13.5. The molecule has 1 aromatic carbocycles. The predicted octanol–water partition coefficient (Wildman–Crippen LogP) is 2.51. The lowest BCUT2D eigenvalue weighted by Crippen LogP contribution is -2.60. The van der Waals surface area contributed by atoms with Gasteiger partial charge in [-0.1, -0.05) is 11.6 Å². The van der Waals surface area contributed by atoms with Gasteiger partial charge >= 0.3 is 0 Å². The summed E-state index contributed by atoms with van der Waals surface area (Å²) in [6, 6.07) is 6.79. The SMILES string of the molecule is CO[C@H]1CN(C2Nc3ccc(C)cc3C=C2C(=O)NC(C)N)CC[C@H]1NC1CCC(F)CC1. The number of fused-ring (bicyclic) bond motifs is 1. The number of likely N-dealkylation sites (tertiary alicyclic amines) is 1. The molecule has 5 N–H and O–H groups in total. The number of aryl methyl sites for hydroxylation is 1. The summed E-state index contributed by atoms with van der Waals surface area (Å²) in [5.74, 6) is -0.160. The molecule has 4 atom stereocenters. The van der Waals surface area contributed by atoms with Crippen LogP contribution in [0.25, 0.3) is 6.08 Å². The average Bonchev–Trinajstić information content (AvgIpc) is 2.79.